The minimum absolute atomic E-state index is 0.148. The van der Waals surface area contributed by atoms with Crippen LogP contribution in [0.15, 0.2) is 24.3 Å². The average molecular weight is 294 g/mol. The van der Waals surface area contributed by atoms with Crippen molar-refractivity contribution < 1.29 is 9.50 Å². The van der Waals surface area contributed by atoms with Gasteiger partial charge in [0.15, 0.2) is 0 Å². The Morgan fingerprint density at radius 3 is 2.67 bits per heavy atom. The number of para-hydroxylation sites is 1. The third kappa shape index (κ3) is 4.68. The maximum absolute atomic E-state index is 13.8. The summed E-state index contributed by atoms with van der Waals surface area (Å²) in [6.07, 6.45) is 4.25. The first kappa shape index (κ1) is 16.2. The number of halogens is 1. The van der Waals surface area contributed by atoms with Gasteiger partial charge in [-0.1, -0.05) is 12.1 Å². The Morgan fingerprint density at radius 1 is 1.38 bits per heavy atom. The zero-order valence-corrected chi connectivity index (χ0v) is 13.1. The molecule has 1 aliphatic rings. The predicted molar refractivity (Wildman–Crippen MR) is 85.2 cm³/mol. The third-order valence-electron chi connectivity index (χ3n) is 4.21. The summed E-state index contributed by atoms with van der Waals surface area (Å²) in [7, 11) is 0. The number of nitrogens with zero attached hydrogens (tertiary/aromatic N) is 1. The Bertz CT molecular complexity index is 450. The van der Waals surface area contributed by atoms with Gasteiger partial charge in [-0.3, -0.25) is 0 Å². The van der Waals surface area contributed by atoms with E-state index in [9.17, 15) is 9.50 Å². The highest BCUT2D eigenvalue weighted by molar-refractivity contribution is 5.47. The van der Waals surface area contributed by atoms with Gasteiger partial charge in [0.1, 0.15) is 5.82 Å². The Kier molecular flexibility index (Phi) is 5.59. The maximum Gasteiger partial charge on any atom is 0.146 e. The number of rotatable bonds is 9. The molecule has 1 aromatic rings. The van der Waals surface area contributed by atoms with E-state index >= 15 is 0 Å². The van der Waals surface area contributed by atoms with E-state index in [1.165, 1.54) is 18.9 Å². The molecule has 2 N–H and O–H groups in total. The SMILES string of the molecule is CCN(CCCC(C)(CO)NC1CC1)c1ccccc1F. The van der Waals surface area contributed by atoms with Crippen molar-refractivity contribution >= 4 is 5.69 Å². The molecule has 3 nitrogen and oxygen atoms in total. The molecule has 1 aromatic carbocycles. The van der Waals surface area contributed by atoms with Crippen LogP contribution in [0.25, 0.3) is 0 Å². The number of nitrogens with one attached hydrogen (secondary N) is 1. The Morgan fingerprint density at radius 2 is 2.10 bits per heavy atom. The van der Waals surface area contributed by atoms with E-state index in [0.717, 1.165) is 25.9 Å². The second-order valence-electron chi connectivity index (χ2n) is 6.27. The van der Waals surface area contributed by atoms with Crippen LogP contribution in [0.5, 0.6) is 0 Å². The minimum Gasteiger partial charge on any atom is -0.394 e. The summed E-state index contributed by atoms with van der Waals surface area (Å²) in [5, 5.41) is 13.1. The molecule has 1 saturated carbocycles. The molecule has 1 atom stereocenters. The first-order valence-corrected chi connectivity index (χ1v) is 7.96. The third-order valence-corrected chi connectivity index (χ3v) is 4.21. The topological polar surface area (TPSA) is 35.5 Å². The van der Waals surface area contributed by atoms with Crippen molar-refractivity contribution in [1.29, 1.82) is 0 Å². The quantitative estimate of drug-likeness (QED) is 0.735. The Labute approximate surface area is 127 Å². The molecule has 0 aliphatic heterocycles. The highest BCUT2D eigenvalue weighted by atomic mass is 19.1. The monoisotopic (exact) mass is 294 g/mol. The van der Waals surface area contributed by atoms with E-state index in [-0.39, 0.29) is 18.0 Å². The summed E-state index contributed by atoms with van der Waals surface area (Å²) in [4.78, 5) is 2.06. The highest BCUT2D eigenvalue weighted by Gasteiger charge is 2.31. The van der Waals surface area contributed by atoms with Gasteiger partial charge in [0.2, 0.25) is 0 Å². The van der Waals surface area contributed by atoms with E-state index in [1.807, 2.05) is 19.1 Å². The van der Waals surface area contributed by atoms with E-state index in [4.69, 9.17) is 0 Å². The zero-order chi connectivity index (χ0) is 15.3. The predicted octanol–water partition coefficient (Wildman–Crippen LogP) is 2.94. The molecule has 0 aromatic heterocycles. The fourth-order valence-corrected chi connectivity index (χ4v) is 2.73. The van der Waals surface area contributed by atoms with Crippen molar-refractivity contribution in [3.63, 3.8) is 0 Å². The summed E-state index contributed by atoms with van der Waals surface area (Å²) >= 11 is 0. The van der Waals surface area contributed by atoms with Crippen LogP contribution < -0.4 is 10.2 Å². The van der Waals surface area contributed by atoms with Gasteiger partial charge in [0.05, 0.1) is 12.3 Å². The van der Waals surface area contributed by atoms with Gasteiger partial charge in [0, 0.05) is 24.7 Å². The van der Waals surface area contributed by atoms with Crippen molar-refractivity contribution in [2.75, 3.05) is 24.6 Å². The summed E-state index contributed by atoms with van der Waals surface area (Å²) in [5.41, 5.74) is 0.455. The van der Waals surface area contributed by atoms with Crippen molar-refractivity contribution in [2.24, 2.45) is 0 Å². The zero-order valence-electron chi connectivity index (χ0n) is 13.1. The summed E-state index contributed by atoms with van der Waals surface area (Å²) in [6.45, 7) is 5.85. The van der Waals surface area contributed by atoms with Gasteiger partial charge in [-0.2, -0.15) is 0 Å². The molecule has 0 radical (unpaired) electrons. The van der Waals surface area contributed by atoms with Crippen LogP contribution in [-0.2, 0) is 0 Å². The molecule has 1 unspecified atom stereocenters. The Balaban J connectivity index is 1.86. The van der Waals surface area contributed by atoms with Crippen molar-refractivity contribution in [3.05, 3.63) is 30.1 Å². The largest absolute Gasteiger partial charge is 0.394 e. The number of hydrogen-bond donors (Lipinski definition) is 2. The molecule has 1 aliphatic carbocycles. The number of aliphatic hydroxyl groups excluding tert-OH is 1. The van der Waals surface area contributed by atoms with Gasteiger partial charge in [-0.05, 0) is 51.7 Å². The van der Waals surface area contributed by atoms with Crippen LogP contribution >= 0.6 is 0 Å². The number of aliphatic hydroxyl groups is 1. The van der Waals surface area contributed by atoms with Crippen LogP contribution in [0.1, 0.15) is 39.5 Å². The smallest absolute Gasteiger partial charge is 0.146 e. The van der Waals surface area contributed by atoms with Gasteiger partial charge < -0.3 is 15.3 Å². The van der Waals surface area contributed by atoms with Crippen LogP contribution in [0, 0.1) is 5.82 Å². The van der Waals surface area contributed by atoms with E-state index < -0.39 is 0 Å². The Hall–Kier alpha value is -1.13. The molecular formula is C17H27FN2O. The lowest BCUT2D eigenvalue weighted by Crippen LogP contribution is -2.47. The molecule has 0 bridgehead atoms. The lowest BCUT2D eigenvalue weighted by molar-refractivity contribution is 0.162. The summed E-state index contributed by atoms with van der Waals surface area (Å²) < 4.78 is 13.8. The standard InChI is InChI=1S/C17H27FN2O/c1-3-20(16-8-5-4-7-15(16)18)12-6-11-17(2,13-21)19-14-9-10-14/h4-5,7-8,14,19,21H,3,6,9-13H2,1-2H3. The first-order chi connectivity index (χ1) is 10.1. The molecule has 118 valence electrons. The molecule has 0 amide bonds. The van der Waals surface area contributed by atoms with Crippen molar-refractivity contribution in [2.45, 2.75) is 51.1 Å². The van der Waals surface area contributed by atoms with Crippen LogP contribution in [-0.4, -0.2) is 36.4 Å². The van der Waals surface area contributed by atoms with Crippen LogP contribution in [0.4, 0.5) is 10.1 Å². The van der Waals surface area contributed by atoms with E-state index in [2.05, 4.69) is 17.1 Å². The molecule has 1 fully saturated rings. The summed E-state index contributed by atoms with van der Waals surface area (Å²) in [5.74, 6) is -0.166. The van der Waals surface area contributed by atoms with Crippen molar-refractivity contribution in [3.8, 4) is 0 Å². The fourth-order valence-electron chi connectivity index (χ4n) is 2.73. The average Bonchev–Trinajstić information content (AvgIpc) is 3.28. The van der Waals surface area contributed by atoms with Crippen molar-refractivity contribution in [1.82, 2.24) is 5.32 Å². The molecular weight excluding hydrogens is 267 g/mol. The van der Waals surface area contributed by atoms with Crippen LogP contribution in [0.3, 0.4) is 0 Å². The van der Waals surface area contributed by atoms with Crippen LogP contribution in [0.2, 0.25) is 0 Å². The fraction of sp³-hybridized carbons (Fsp3) is 0.647. The lowest BCUT2D eigenvalue weighted by Gasteiger charge is -2.31. The molecule has 0 spiro atoms. The molecule has 0 saturated heterocycles. The maximum atomic E-state index is 13.8. The van der Waals surface area contributed by atoms with Gasteiger partial charge in [-0.25, -0.2) is 4.39 Å². The molecule has 2 rings (SSSR count). The number of benzene rings is 1. The second kappa shape index (κ2) is 7.23. The molecule has 4 heteroatoms. The van der Waals surface area contributed by atoms with Gasteiger partial charge in [-0.15, -0.1) is 0 Å². The normalized spacial score (nSPS) is 17.5. The van der Waals surface area contributed by atoms with Gasteiger partial charge in [0.25, 0.3) is 0 Å². The molecule has 21 heavy (non-hydrogen) atoms. The first-order valence-electron chi connectivity index (χ1n) is 7.96. The number of anilines is 1. The van der Waals surface area contributed by atoms with Gasteiger partial charge >= 0.3 is 0 Å². The van der Waals surface area contributed by atoms with E-state index in [0.29, 0.717) is 11.7 Å². The summed E-state index contributed by atoms with van der Waals surface area (Å²) in [6, 6.07) is 7.50. The highest BCUT2D eigenvalue weighted by Crippen LogP contribution is 2.25. The second-order valence-corrected chi connectivity index (χ2v) is 6.27. The minimum atomic E-state index is -0.212. The number of hydrogen-bond acceptors (Lipinski definition) is 3. The molecule has 0 heterocycles. The lowest BCUT2D eigenvalue weighted by atomic mass is 9.96. The van der Waals surface area contributed by atoms with E-state index in [1.54, 1.807) is 6.07 Å².